The fourth-order valence-corrected chi connectivity index (χ4v) is 2.75. The van der Waals surface area contributed by atoms with Crippen LogP contribution in [0.5, 0.6) is 0 Å². The van der Waals surface area contributed by atoms with E-state index in [0.717, 1.165) is 12.6 Å². The maximum absolute atomic E-state index is 3.71. The molecule has 17 heavy (non-hydrogen) atoms. The fraction of sp³-hybridized carbons (Fsp3) is 0.625. The Bertz CT molecular complexity index is 323. The SMILES string of the molecule is CC(C)(CCNC1CCCC1)c1ccccc1. The molecule has 0 amide bonds. The van der Waals surface area contributed by atoms with Crippen LogP contribution in [-0.4, -0.2) is 12.6 Å². The summed E-state index contributed by atoms with van der Waals surface area (Å²) in [6.07, 6.45) is 6.81. The highest BCUT2D eigenvalue weighted by molar-refractivity contribution is 5.23. The van der Waals surface area contributed by atoms with Gasteiger partial charge in [-0.2, -0.15) is 0 Å². The summed E-state index contributed by atoms with van der Waals surface area (Å²) in [4.78, 5) is 0. The van der Waals surface area contributed by atoms with Crippen molar-refractivity contribution in [1.29, 1.82) is 0 Å². The number of hydrogen-bond acceptors (Lipinski definition) is 1. The van der Waals surface area contributed by atoms with E-state index in [-0.39, 0.29) is 5.41 Å². The predicted octanol–water partition coefficient (Wildman–Crippen LogP) is 3.89. The molecule has 1 aliphatic carbocycles. The quantitative estimate of drug-likeness (QED) is 0.810. The van der Waals surface area contributed by atoms with Gasteiger partial charge in [0, 0.05) is 6.04 Å². The zero-order valence-corrected chi connectivity index (χ0v) is 11.2. The zero-order valence-electron chi connectivity index (χ0n) is 11.2. The van der Waals surface area contributed by atoms with Crippen molar-refractivity contribution in [2.45, 2.75) is 57.4 Å². The monoisotopic (exact) mass is 231 g/mol. The van der Waals surface area contributed by atoms with Crippen molar-refractivity contribution in [3.63, 3.8) is 0 Å². The molecule has 1 N–H and O–H groups in total. The van der Waals surface area contributed by atoms with Gasteiger partial charge in [-0.3, -0.25) is 0 Å². The molecule has 94 valence electrons. The summed E-state index contributed by atoms with van der Waals surface area (Å²) < 4.78 is 0. The van der Waals surface area contributed by atoms with Crippen molar-refractivity contribution in [2.24, 2.45) is 0 Å². The Morgan fingerprint density at radius 3 is 2.41 bits per heavy atom. The van der Waals surface area contributed by atoms with E-state index < -0.39 is 0 Å². The highest BCUT2D eigenvalue weighted by atomic mass is 14.9. The van der Waals surface area contributed by atoms with E-state index in [0.29, 0.717) is 0 Å². The van der Waals surface area contributed by atoms with Gasteiger partial charge in [0.05, 0.1) is 0 Å². The Labute approximate surface area is 106 Å². The first kappa shape index (κ1) is 12.6. The zero-order chi connectivity index (χ0) is 12.1. The highest BCUT2D eigenvalue weighted by Gasteiger charge is 2.21. The van der Waals surface area contributed by atoms with Gasteiger partial charge in [0.25, 0.3) is 0 Å². The number of rotatable bonds is 5. The van der Waals surface area contributed by atoms with Crippen molar-refractivity contribution in [3.05, 3.63) is 35.9 Å². The Hall–Kier alpha value is -0.820. The Morgan fingerprint density at radius 2 is 1.76 bits per heavy atom. The van der Waals surface area contributed by atoms with Crippen molar-refractivity contribution in [2.75, 3.05) is 6.54 Å². The van der Waals surface area contributed by atoms with Gasteiger partial charge in [0.15, 0.2) is 0 Å². The largest absolute Gasteiger partial charge is 0.314 e. The average Bonchev–Trinajstić information content (AvgIpc) is 2.83. The van der Waals surface area contributed by atoms with Gasteiger partial charge in [-0.1, -0.05) is 57.0 Å². The van der Waals surface area contributed by atoms with Gasteiger partial charge in [0.1, 0.15) is 0 Å². The Balaban J connectivity index is 1.80. The molecule has 0 radical (unpaired) electrons. The molecule has 1 heteroatoms. The summed E-state index contributed by atoms with van der Waals surface area (Å²) in [7, 11) is 0. The second-order valence-corrected chi connectivity index (χ2v) is 5.94. The standard InChI is InChI=1S/C16H25N/c1-16(2,14-8-4-3-5-9-14)12-13-17-15-10-6-7-11-15/h3-5,8-9,15,17H,6-7,10-13H2,1-2H3. The van der Waals surface area contributed by atoms with Crippen molar-refractivity contribution in [1.82, 2.24) is 5.32 Å². The first-order valence-corrected chi connectivity index (χ1v) is 6.97. The molecule has 2 rings (SSSR count). The summed E-state index contributed by atoms with van der Waals surface area (Å²) >= 11 is 0. The molecule has 1 aliphatic rings. The lowest BCUT2D eigenvalue weighted by Gasteiger charge is -2.26. The smallest absolute Gasteiger partial charge is 0.00670 e. The molecular formula is C16H25N. The molecule has 0 aromatic heterocycles. The number of hydrogen-bond donors (Lipinski definition) is 1. The molecular weight excluding hydrogens is 206 g/mol. The van der Waals surface area contributed by atoms with E-state index in [4.69, 9.17) is 0 Å². The first-order chi connectivity index (χ1) is 8.18. The Kier molecular flexibility index (Phi) is 4.22. The average molecular weight is 231 g/mol. The first-order valence-electron chi connectivity index (χ1n) is 6.97. The molecule has 1 nitrogen and oxygen atoms in total. The van der Waals surface area contributed by atoms with Gasteiger partial charge < -0.3 is 5.32 Å². The summed E-state index contributed by atoms with van der Waals surface area (Å²) in [6.45, 7) is 5.84. The molecule has 0 atom stereocenters. The van der Waals surface area contributed by atoms with Crippen LogP contribution in [0.3, 0.4) is 0 Å². The lowest BCUT2D eigenvalue weighted by atomic mass is 9.81. The third-order valence-electron chi connectivity index (χ3n) is 4.09. The van der Waals surface area contributed by atoms with Gasteiger partial charge in [0.2, 0.25) is 0 Å². The third kappa shape index (κ3) is 3.57. The maximum Gasteiger partial charge on any atom is 0.00670 e. The normalized spacial score (nSPS) is 17.5. The topological polar surface area (TPSA) is 12.0 Å². The lowest BCUT2D eigenvalue weighted by Crippen LogP contribution is -2.31. The summed E-state index contributed by atoms with van der Waals surface area (Å²) in [5.74, 6) is 0. The number of benzene rings is 1. The lowest BCUT2D eigenvalue weighted by molar-refractivity contribution is 0.426. The van der Waals surface area contributed by atoms with Gasteiger partial charge in [-0.25, -0.2) is 0 Å². The van der Waals surface area contributed by atoms with Crippen LogP contribution >= 0.6 is 0 Å². The van der Waals surface area contributed by atoms with Gasteiger partial charge >= 0.3 is 0 Å². The minimum Gasteiger partial charge on any atom is -0.314 e. The molecule has 0 unspecified atom stereocenters. The van der Waals surface area contributed by atoms with Crippen LogP contribution in [0, 0.1) is 0 Å². The van der Waals surface area contributed by atoms with Crippen LogP contribution in [0.2, 0.25) is 0 Å². The third-order valence-corrected chi connectivity index (χ3v) is 4.09. The van der Waals surface area contributed by atoms with Crippen LogP contribution in [0.25, 0.3) is 0 Å². The molecule has 1 fully saturated rings. The summed E-state index contributed by atoms with van der Waals surface area (Å²) in [5.41, 5.74) is 1.74. The maximum atomic E-state index is 3.71. The van der Waals surface area contributed by atoms with E-state index in [2.05, 4.69) is 49.5 Å². The van der Waals surface area contributed by atoms with E-state index in [1.54, 1.807) is 0 Å². The van der Waals surface area contributed by atoms with Crippen LogP contribution in [0.1, 0.15) is 51.5 Å². The molecule has 0 aliphatic heterocycles. The minimum atomic E-state index is 0.285. The van der Waals surface area contributed by atoms with E-state index in [9.17, 15) is 0 Å². The Morgan fingerprint density at radius 1 is 1.12 bits per heavy atom. The van der Waals surface area contributed by atoms with E-state index in [1.165, 1.54) is 37.7 Å². The van der Waals surface area contributed by atoms with Gasteiger partial charge in [-0.15, -0.1) is 0 Å². The summed E-state index contributed by atoms with van der Waals surface area (Å²) in [6, 6.07) is 11.7. The molecule has 1 saturated carbocycles. The van der Waals surface area contributed by atoms with Crippen LogP contribution in [0.4, 0.5) is 0 Å². The molecule has 1 aromatic rings. The highest BCUT2D eigenvalue weighted by Crippen LogP contribution is 2.26. The van der Waals surface area contributed by atoms with Crippen molar-refractivity contribution in [3.8, 4) is 0 Å². The number of nitrogens with one attached hydrogen (secondary N) is 1. The predicted molar refractivity (Wildman–Crippen MR) is 74.3 cm³/mol. The molecule has 0 saturated heterocycles. The fourth-order valence-electron chi connectivity index (χ4n) is 2.75. The van der Waals surface area contributed by atoms with Crippen LogP contribution < -0.4 is 5.32 Å². The van der Waals surface area contributed by atoms with Crippen molar-refractivity contribution < 1.29 is 0 Å². The van der Waals surface area contributed by atoms with Crippen LogP contribution in [-0.2, 0) is 5.41 Å². The van der Waals surface area contributed by atoms with E-state index >= 15 is 0 Å². The van der Waals surface area contributed by atoms with Crippen molar-refractivity contribution >= 4 is 0 Å². The molecule has 0 bridgehead atoms. The second kappa shape index (κ2) is 5.68. The minimum absolute atomic E-state index is 0.285. The van der Waals surface area contributed by atoms with Gasteiger partial charge in [-0.05, 0) is 36.8 Å². The summed E-state index contributed by atoms with van der Waals surface area (Å²) in [5, 5.41) is 3.71. The molecule has 0 heterocycles. The second-order valence-electron chi connectivity index (χ2n) is 5.94. The molecule has 1 aromatic carbocycles. The van der Waals surface area contributed by atoms with Crippen LogP contribution in [0.15, 0.2) is 30.3 Å². The van der Waals surface area contributed by atoms with E-state index in [1.807, 2.05) is 0 Å². The molecule has 0 spiro atoms.